The Morgan fingerprint density at radius 1 is 1.21 bits per heavy atom. The molecule has 1 aromatic carbocycles. The normalized spacial score (nSPS) is 19.0. The molecule has 7 heteroatoms. The van der Waals surface area contributed by atoms with E-state index in [1.807, 2.05) is 30.3 Å². The standard InChI is InChI=1S/C22H28ClN3O3/c1-15-9-11-18(12-10-15)25(3)19(27)14-29-22(28)20-16(2)24-26(21(20)23)13-17-7-5-4-6-8-17/h4-8,15,18H,9-14H2,1-3H3. The molecule has 0 atom stereocenters. The Morgan fingerprint density at radius 3 is 2.52 bits per heavy atom. The molecule has 0 unspecified atom stereocenters. The lowest BCUT2D eigenvalue weighted by atomic mass is 9.87. The van der Waals surface area contributed by atoms with Gasteiger partial charge in [0, 0.05) is 13.1 Å². The first-order chi connectivity index (χ1) is 13.9. The summed E-state index contributed by atoms with van der Waals surface area (Å²) in [5.41, 5.74) is 1.72. The minimum Gasteiger partial charge on any atom is -0.452 e. The van der Waals surface area contributed by atoms with E-state index in [9.17, 15) is 9.59 Å². The monoisotopic (exact) mass is 417 g/mol. The van der Waals surface area contributed by atoms with E-state index in [2.05, 4.69) is 12.0 Å². The molecule has 1 fully saturated rings. The molecule has 29 heavy (non-hydrogen) atoms. The van der Waals surface area contributed by atoms with Gasteiger partial charge in [0.1, 0.15) is 10.7 Å². The van der Waals surface area contributed by atoms with E-state index >= 15 is 0 Å². The topological polar surface area (TPSA) is 64.4 Å². The van der Waals surface area contributed by atoms with Gasteiger partial charge in [0.15, 0.2) is 6.61 Å². The van der Waals surface area contributed by atoms with Crippen molar-refractivity contribution in [1.82, 2.24) is 14.7 Å². The van der Waals surface area contributed by atoms with Gasteiger partial charge in [-0.1, -0.05) is 48.9 Å². The summed E-state index contributed by atoms with van der Waals surface area (Å²) in [4.78, 5) is 26.8. The van der Waals surface area contributed by atoms with Crippen molar-refractivity contribution >= 4 is 23.5 Å². The van der Waals surface area contributed by atoms with Gasteiger partial charge in [0.25, 0.3) is 5.91 Å². The third-order valence-corrected chi connectivity index (χ3v) is 6.08. The van der Waals surface area contributed by atoms with Gasteiger partial charge >= 0.3 is 5.97 Å². The van der Waals surface area contributed by atoms with Crippen LogP contribution in [-0.4, -0.2) is 46.3 Å². The Labute approximate surface area is 176 Å². The average molecular weight is 418 g/mol. The smallest absolute Gasteiger partial charge is 0.343 e. The van der Waals surface area contributed by atoms with Crippen LogP contribution in [-0.2, 0) is 16.1 Å². The van der Waals surface area contributed by atoms with Crippen molar-refractivity contribution in [3.63, 3.8) is 0 Å². The molecule has 1 saturated carbocycles. The molecule has 0 radical (unpaired) electrons. The quantitative estimate of drug-likeness (QED) is 0.664. The van der Waals surface area contributed by atoms with Crippen molar-refractivity contribution < 1.29 is 14.3 Å². The Kier molecular flexibility index (Phi) is 6.96. The van der Waals surface area contributed by atoms with Crippen LogP contribution in [0.15, 0.2) is 30.3 Å². The van der Waals surface area contributed by atoms with Crippen LogP contribution < -0.4 is 0 Å². The van der Waals surface area contributed by atoms with E-state index in [1.165, 1.54) is 0 Å². The summed E-state index contributed by atoms with van der Waals surface area (Å²) in [6.45, 7) is 4.11. The summed E-state index contributed by atoms with van der Waals surface area (Å²) in [5.74, 6) is -0.0979. The number of aromatic nitrogens is 2. The first kappa shape index (κ1) is 21.4. The van der Waals surface area contributed by atoms with Crippen molar-refractivity contribution in [3.8, 4) is 0 Å². The zero-order valence-electron chi connectivity index (χ0n) is 17.2. The number of ether oxygens (including phenoxy) is 1. The number of halogens is 1. The fourth-order valence-electron chi connectivity index (χ4n) is 3.78. The van der Waals surface area contributed by atoms with Crippen LogP contribution in [0.4, 0.5) is 0 Å². The van der Waals surface area contributed by atoms with Gasteiger partial charge in [-0.3, -0.25) is 4.79 Å². The number of aryl methyl sites for hydroxylation is 1. The van der Waals surface area contributed by atoms with Crippen LogP contribution in [0.2, 0.25) is 5.15 Å². The van der Waals surface area contributed by atoms with Crippen molar-refractivity contribution in [2.24, 2.45) is 5.92 Å². The maximum Gasteiger partial charge on any atom is 0.343 e. The number of likely N-dealkylation sites (N-methyl/N-ethyl adjacent to an activating group) is 1. The Bertz CT molecular complexity index is 858. The van der Waals surface area contributed by atoms with Gasteiger partial charge in [0.05, 0.1) is 12.2 Å². The second-order valence-corrected chi connectivity index (χ2v) is 8.25. The molecule has 2 aromatic rings. The molecular formula is C22H28ClN3O3. The Morgan fingerprint density at radius 2 is 1.86 bits per heavy atom. The molecule has 1 aromatic heterocycles. The van der Waals surface area contributed by atoms with Crippen molar-refractivity contribution in [2.45, 2.75) is 52.1 Å². The molecule has 1 amide bonds. The minimum absolute atomic E-state index is 0.191. The fourth-order valence-corrected chi connectivity index (χ4v) is 4.09. The summed E-state index contributed by atoms with van der Waals surface area (Å²) >= 11 is 6.39. The van der Waals surface area contributed by atoms with Crippen LogP contribution in [0.1, 0.15) is 54.2 Å². The second kappa shape index (κ2) is 9.44. The summed E-state index contributed by atoms with van der Waals surface area (Å²) in [5, 5.41) is 4.58. The number of amides is 1. The summed E-state index contributed by atoms with van der Waals surface area (Å²) in [6.07, 6.45) is 4.23. The second-order valence-electron chi connectivity index (χ2n) is 7.89. The SMILES string of the molecule is Cc1nn(Cc2ccccc2)c(Cl)c1C(=O)OCC(=O)N(C)C1CCC(C)CC1. The molecule has 0 N–H and O–H groups in total. The first-order valence-electron chi connectivity index (χ1n) is 10.1. The number of hydrogen-bond acceptors (Lipinski definition) is 4. The zero-order chi connectivity index (χ0) is 21.0. The van der Waals surface area contributed by atoms with Crippen molar-refractivity contribution in [1.29, 1.82) is 0 Å². The molecule has 1 aliphatic carbocycles. The van der Waals surface area contributed by atoms with Gasteiger partial charge in [-0.2, -0.15) is 5.10 Å². The molecule has 1 heterocycles. The van der Waals surface area contributed by atoms with E-state index in [4.69, 9.17) is 16.3 Å². The summed E-state index contributed by atoms with van der Waals surface area (Å²) < 4.78 is 6.85. The number of carbonyl (C=O) groups excluding carboxylic acids is 2. The average Bonchev–Trinajstić information content (AvgIpc) is 2.99. The predicted molar refractivity (Wildman–Crippen MR) is 112 cm³/mol. The maximum atomic E-state index is 12.6. The molecule has 0 spiro atoms. The zero-order valence-corrected chi connectivity index (χ0v) is 18.0. The highest BCUT2D eigenvalue weighted by atomic mass is 35.5. The number of hydrogen-bond donors (Lipinski definition) is 0. The number of carbonyl (C=O) groups is 2. The molecular weight excluding hydrogens is 390 g/mol. The van der Waals surface area contributed by atoms with Gasteiger partial charge in [0.2, 0.25) is 0 Å². The lowest BCUT2D eigenvalue weighted by molar-refractivity contribution is -0.136. The maximum absolute atomic E-state index is 12.6. The van der Waals surface area contributed by atoms with Crippen LogP contribution in [0.3, 0.4) is 0 Å². The van der Waals surface area contributed by atoms with E-state index in [0.29, 0.717) is 18.2 Å². The highest BCUT2D eigenvalue weighted by Crippen LogP contribution is 2.27. The van der Waals surface area contributed by atoms with E-state index in [0.717, 1.165) is 31.2 Å². The predicted octanol–water partition coefficient (Wildman–Crippen LogP) is 4.09. The number of esters is 1. The number of benzene rings is 1. The van der Waals surface area contributed by atoms with E-state index in [1.54, 1.807) is 23.6 Å². The molecule has 156 valence electrons. The van der Waals surface area contributed by atoms with Gasteiger partial charge < -0.3 is 9.64 Å². The lowest BCUT2D eigenvalue weighted by Crippen LogP contribution is -2.41. The molecule has 0 aliphatic heterocycles. The highest BCUT2D eigenvalue weighted by molar-refractivity contribution is 6.32. The number of nitrogens with zero attached hydrogens (tertiary/aromatic N) is 3. The number of rotatable bonds is 6. The molecule has 3 rings (SSSR count). The molecule has 6 nitrogen and oxygen atoms in total. The minimum atomic E-state index is -0.620. The van der Waals surface area contributed by atoms with E-state index < -0.39 is 5.97 Å². The van der Waals surface area contributed by atoms with Gasteiger partial charge in [-0.25, -0.2) is 9.48 Å². The van der Waals surface area contributed by atoms with Crippen LogP contribution in [0.25, 0.3) is 0 Å². The molecule has 0 saturated heterocycles. The van der Waals surface area contributed by atoms with Crippen molar-refractivity contribution in [3.05, 3.63) is 52.3 Å². The fraction of sp³-hybridized carbons (Fsp3) is 0.500. The first-order valence-corrected chi connectivity index (χ1v) is 10.4. The highest BCUT2D eigenvalue weighted by Gasteiger charge is 2.27. The largest absolute Gasteiger partial charge is 0.452 e. The van der Waals surface area contributed by atoms with Crippen molar-refractivity contribution in [2.75, 3.05) is 13.7 Å². The Balaban J connectivity index is 1.60. The third kappa shape index (κ3) is 5.18. The third-order valence-electron chi connectivity index (χ3n) is 5.70. The summed E-state index contributed by atoms with van der Waals surface area (Å²) in [7, 11) is 1.78. The van der Waals surface area contributed by atoms with Gasteiger partial charge in [-0.05, 0) is 44.1 Å². The van der Waals surface area contributed by atoms with Gasteiger partial charge in [-0.15, -0.1) is 0 Å². The molecule has 1 aliphatic rings. The van der Waals surface area contributed by atoms with Crippen LogP contribution >= 0.6 is 11.6 Å². The lowest BCUT2D eigenvalue weighted by Gasteiger charge is -2.33. The van der Waals surface area contributed by atoms with Crippen LogP contribution in [0.5, 0.6) is 0 Å². The summed E-state index contributed by atoms with van der Waals surface area (Å²) in [6, 6.07) is 9.95. The molecule has 0 bridgehead atoms. The van der Waals surface area contributed by atoms with Crippen LogP contribution in [0, 0.1) is 12.8 Å². The van der Waals surface area contributed by atoms with E-state index in [-0.39, 0.29) is 29.3 Å². The Hall–Kier alpha value is -2.34.